The maximum atomic E-state index is 12.4. The molecule has 1 atom stereocenters. The fourth-order valence-corrected chi connectivity index (χ4v) is 2.79. The largest absolute Gasteiger partial charge is 0.466 e. The molecule has 0 aliphatic carbocycles. The molecule has 0 radical (unpaired) electrons. The summed E-state index contributed by atoms with van der Waals surface area (Å²) in [4.78, 5) is 33.0. The number of benzene rings is 1. The van der Waals surface area contributed by atoms with Crippen molar-refractivity contribution in [2.45, 2.75) is 19.8 Å². The lowest BCUT2D eigenvalue weighted by atomic mass is 9.80. The van der Waals surface area contributed by atoms with Crippen molar-refractivity contribution in [2.24, 2.45) is 0 Å². The fourth-order valence-electron chi connectivity index (χ4n) is 2.79. The minimum absolute atomic E-state index is 0.0212. The van der Waals surface area contributed by atoms with Crippen molar-refractivity contribution in [3.05, 3.63) is 68.5 Å². The number of hydrogen-bond donors (Lipinski definition) is 2. The highest BCUT2D eigenvalue weighted by Crippen LogP contribution is 2.38. The number of methoxy groups -OCH3 is 1. The number of nitro groups is 1. The van der Waals surface area contributed by atoms with Crippen molar-refractivity contribution >= 4 is 11.9 Å². The predicted molar refractivity (Wildman–Crippen MR) is 96.5 cm³/mol. The first-order valence-electron chi connectivity index (χ1n) is 8.10. The normalized spacial score (nSPS) is 16.0. The lowest BCUT2D eigenvalue weighted by molar-refractivity contribution is -0.445. The summed E-state index contributed by atoms with van der Waals surface area (Å²) in [5.74, 6) is -1.51. The van der Waals surface area contributed by atoms with E-state index >= 15 is 0 Å². The van der Waals surface area contributed by atoms with E-state index in [-0.39, 0.29) is 6.73 Å². The van der Waals surface area contributed by atoms with Gasteiger partial charge in [-0.15, -0.1) is 0 Å². The first kappa shape index (κ1) is 21.8. The summed E-state index contributed by atoms with van der Waals surface area (Å²) in [5.41, 5.74) is 6.48. The molecule has 0 bridgehead atoms. The molecule has 1 heterocycles. The van der Waals surface area contributed by atoms with E-state index in [2.05, 4.69) is 11.1 Å². The molecule has 0 amide bonds. The minimum atomic E-state index is -0.538. The van der Waals surface area contributed by atoms with Crippen LogP contribution in [0.15, 0.2) is 52.9 Å². The number of nitrogens with one attached hydrogen (secondary N) is 1. The number of allylic oxidation sites excluding steroid dienone is 2. The first-order chi connectivity index (χ1) is 12.7. The Hall–Kier alpha value is -3.20. The third kappa shape index (κ3) is 5.65. The molecule has 0 aromatic heterocycles. The zero-order valence-corrected chi connectivity index (χ0v) is 15.8. The quantitative estimate of drug-likeness (QED) is 0.341. The maximum Gasteiger partial charge on any atom is 0.341 e. The van der Waals surface area contributed by atoms with Gasteiger partial charge in [0.1, 0.15) is 0 Å². The van der Waals surface area contributed by atoms with E-state index in [0.29, 0.717) is 22.5 Å². The summed E-state index contributed by atoms with van der Waals surface area (Å²) in [6.07, 6.45) is 0. The minimum Gasteiger partial charge on any atom is -0.466 e. The smallest absolute Gasteiger partial charge is 0.341 e. The highest BCUT2D eigenvalue weighted by Gasteiger charge is 2.37. The van der Waals surface area contributed by atoms with Crippen molar-refractivity contribution in [1.29, 1.82) is 0 Å². The number of nitrogens with zero attached hydrogens (tertiary/aromatic N) is 1. The van der Waals surface area contributed by atoms with Crippen LogP contribution in [-0.2, 0) is 19.1 Å². The van der Waals surface area contributed by atoms with Gasteiger partial charge in [-0.1, -0.05) is 30.3 Å². The molecule has 9 nitrogen and oxygen atoms in total. The van der Waals surface area contributed by atoms with Gasteiger partial charge in [-0.05, 0) is 19.4 Å². The van der Waals surface area contributed by atoms with E-state index in [0.717, 1.165) is 12.6 Å². The SMILES string of the molecule is COC(=O)C1=C(C)NC(C)=C(C(=O)OC[NH3+])C1c1ccccc1.C[N+](=O)[O-]. The molecule has 2 rings (SSSR count). The molecule has 1 aliphatic heterocycles. The molecular weight excluding hydrogens is 354 g/mol. The van der Waals surface area contributed by atoms with Crippen LogP contribution in [0, 0.1) is 10.1 Å². The molecule has 1 aromatic carbocycles. The molecule has 0 spiro atoms. The number of carbonyl (C=O) groups is 2. The predicted octanol–water partition coefficient (Wildman–Crippen LogP) is 0.730. The Kier molecular flexibility index (Phi) is 8.15. The molecule has 0 saturated carbocycles. The molecule has 0 saturated heterocycles. The zero-order chi connectivity index (χ0) is 20.6. The summed E-state index contributed by atoms with van der Waals surface area (Å²) in [6.45, 7) is 3.59. The van der Waals surface area contributed by atoms with Gasteiger partial charge in [0, 0.05) is 16.3 Å². The molecular formula is C18H24N3O6+. The Bertz CT molecular complexity index is 767. The molecule has 0 fully saturated rings. The van der Waals surface area contributed by atoms with Gasteiger partial charge in [0.05, 0.1) is 24.2 Å². The number of quaternary nitrogens is 1. The standard InChI is InChI=1S/C17H20N2O4.CH3NO2/c1-10-13(16(20)22-3)15(12-7-5-4-6-8-12)14(11(2)19-10)17(21)23-9-18;1-2(3)4/h4-8,15,19H,9,18H2,1-3H3;1H3/p+1. The summed E-state index contributed by atoms with van der Waals surface area (Å²) in [7, 11) is 2.21. The third-order valence-electron chi connectivity index (χ3n) is 3.75. The van der Waals surface area contributed by atoms with Crippen molar-refractivity contribution in [3.63, 3.8) is 0 Å². The monoisotopic (exact) mass is 378 g/mol. The van der Waals surface area contributed by atoms with Crippen LogP contribution < -0.4 is 11.1 Å². The van der Waals surface area contributed by atoms with E-state index in [1.54, 1.807) is 13.8 Å². The van der Waals surface area contributed by atoms with E-state index in [1.165, 1.54) is 7.11 Å². The molecule has 1 unspecified atom stereocenters. The number of esters is 2. The Morgan fingerprint density at radius 2 is 1.63 bits per heavy atom. The van der Waals surface area contributed by atoms with Crippen LogP contribution in [-0.4, -0.2) is 37.8 Å². The summed E-state index contributed by atoms with van der Waals surface area (Å²) in [5, 5.41) is 11.9. The Morgan fingerprint density at radius 3 is 2.07 bits per heavy atom. The Morgan fingerprint density at radius 1 is 1.15 bits per heavy atom. The van der Waals surface area contributed by atoms with Gasteiger partial charge in [0.25, 0.3) is 0 Å². The molecule has 1 aromatic rings. The van der Waals surface area contributed by atoms with Crippen LogP contribution in [0.1, 0.15) is 25.3 Å². The van der Waals surface area contributed by atoms with Gasteiger partial charge in [-0.2, -0.15) is 0 Å². The van der Waals surface area contributed by atoms with Crippen LogP contribution in [0.4, 0.5) is 0 Å². The van der Waals surface area contributed by atoms with E-state index in [1.807, 2.05) is 30.3 Å². The van der Waals surface area contributed by atoms with Gasteiger partial charge in [0.2, 0.25) is 6.73 Å². The number of hydrogen-bond acceptors (Lipinski definition) is 7. The van der Waals surface area contributed by atoms with Gasteiger partial charge >= 0.3 is 11.9 Å². The highest BCUT2D eigenvalue weighted by atomic mass is 16.6. The molecule has 146 valence electrons. The van der Waals surface area contributed by atoms with Crippen LogP contribution >= 0.6 is 0 Å². The van der Waals surface area contributed by atoms with Crippen molar-refractivity contribution in [3.8, 4) is 0 Å². The highest BCUT2D eigenvalue weighted by molar-refractivity contribution is 5.99. The molecule has 9 heteroatoms. The Balaban J connectivity index is 0.000000828. The third-order valence-corrected chi connectivity index (χ3v) is 3.75. The van der Waals surface area contributed by atoms with Crippen molar-refractivity contribution < 1.29 is 29.7 Å². The van der Waals surface area contributed by atoms with Crippen molar-refractivity contribution in [1.82, 2.24) is 5.32 Å². The summed E-state index contributed by atoms with van der Waals surface area (Å²) in [6, 6.07) is 9.35. The number of ether oxygens (including phenoxy) is 2. The van der Waals surface area contributed by atoms with Crippen LogP contribution in [0.5, 0.6) is 0 Å². The first-order valence-corrected chi connectivity index (χ1v) is 8.10. The van der Waals surface area contributed by atoms with Gasteiger partial charge in [-0.3, -0.25) is 10.1 Å². The Labute approximate surface area is 157 Å². The average molecular weight is 378 g/mol. The van der Waals surface area contributed by atoms with Crippen LogP contribution in [0.2, 0.25) is 0 Å². The molecule has 4 N–H and O–H groups in total. The number of carbonyl (C=O) groups excluding carboxylic acids is 2. The van der Waals surface area contributed by atoms with E-state index in [4.69, 9.17) is 19.6 Å². The second kappa shape index (κ2) is 10.1. The summed E-state index contributed by atoms with van der Waals surface area (Å²) < 4.78 is 9.99. The lowest BCUT2D eigenvalue weighted by Crippen LogP contribution is -2.52. The second-order valence-corrected chi connectivity index (χ2v) is 5.61. The average Bonchev–Trinajstić information content (AvgIpc) is 2.61. The van der Waals surface area contributed by atoms with Gasteiger partial charge < -0.3 is 20.5 Å². The van der Waals surface area contributed by atoms with Gasteiger partial charge in [0.15, 0.2) is 7.05 Å². The molecule has 27 heavy (non-hydrogen) atoms. The van der Waals surface area contributed by atoms with Gasteiger partial charge in [-0.25, -0.2) is 9.59 Å². The maximum absolute atomic E-state index is 12.4. The van der Waals surface area contributed by atoms with Crippen LogP contribution in [0.25, 0.3) is 0 Å². The summed E-state index contributed by atoms with van der Waals surface area (Å²) >= 11 is 0. The van der Waals surface area contributed by atoms with E-state index < -0.39 is 22.8 Å². The fraction of sp³-hybridized carbons (Fsp3) is 0.333. The number of rotatable bonds is 4. The van der Waals surface area contributed by atoms with Crippen LogP contribution in [0.3, 0.4) is 0 Å². The van der Waals surface area contributed by atoms with E-state index in [9.17, 15) is 9.59 Å². The zero-order valence-electron chi connectivity index (χ0n) is 15.8. The molecule has 1 aliphatic rings. The number of dihydropyridines is 1. The second-order valence-electron chi connectivity index (χ2n) is 5.61. The lowest BCUT2D eigenvalue weighted by Gasteiger charge is -2.30. The topological polar surface area (TPSA) is 135 Å². The van der Waals surface area contributed by atoms with Crippen molar-refractivity contribution in [2.75, 3.05) is 20.9 Å².